The van der Waals surface area contributed by atoms with Crippen molar-refractivity contribution < 1.29 is 9.59 Å². The van der Waals surface area contributed by atoms with Gasteiger partial charge in [-0.05, 0) is 63.0 Å². The number of aromatic amines is 1. The number of anilines is 1. The maximum absolute atomic E-state index is 12.7. The van der Waals surface area contributed by atoms with E-state index in [2.05, 4.69) is 32.4 Å². The zero-order chi connectivity index (χ0) is 19.7. The summed E-state index contributed by atoms with van der Waals surface area (Å²) in [6.07, 6.45) is 4.02. The van der Waals surface area contributed by atoms with Crippen LogP contribution < -0.4 is 10.6 Å². The number of aromatic nitrogens is 2. The van der Waals surface area contributed by atoms with Gasteiger partial charge < -0.3 is 10.3 Å². The maximum Gasteiger partial charge on any atom is 0.251 e. The van der Waals surface area contributed by atoms with Gasteiger partial charge >= 0.3 is 0 Å². The first-order valence-corrected chi connectivity index (χ1v) is 10.5. The molecule has 2 atom stereocenters. The Morgan fingerprint density at radius 1 is 1.21 bits per heavy atom. The normalized spacial score (nSPS) is 26.1. The highest BCUT2D eigenvalue weighted by Crippen LogP contribution is 2.32. The second kappa shape index (κ2) is 7.97. The Morgan fingerprint density at radius 3 is 2.57 bits per heavy atom. The van der Waals surface area contributed by atoms with E-state index in [-0.39, 0.29) is 17.9 Å². The first-order chi connectivity index (χ1) is 13.5. The molecule has 3 N–H and O–H groups in total. The fraction of sp³-hybridized carbons (Fsp3) is 0.450. The van der Waals surface area contributed by atoms with Crippen molar-refractivity contribution in [2.75, 3.05) is 18.4 Å². The highest BCUT2D eigenvalue weighted by Gasteiger charge is 2.40. The van der Waals surface area contributed by atoms with E-state index in [4.69, 9.17) is 0 Å². The van der Waals surface area contributed by atoms with Crippen molar-refractivity contribution >= 4 is 29.5 Å². The standard InChI is InChI=1S/C20H25N5O2S/c1-12-18(14-7-9-25(12)10-8-14)24-19(27)15-3-5-16(6-4-15)28-17-11-21-20(23-17)22-13(2)26/h3-6,11-12,14,18H,7-10H2,1-2H3,(H,24,27)(H2,21,22,23,26)/t12-,18+/m1/s1. The van der Waals surface area contributed by atoms with Crippen LogP contribution in [0.3, 0.4) is 0 Å². The maximum atomic E-state index is 12.7. The largest absolute Gasteiger partial charge is 0.347 e. The van der Waals surface area contributed by atoms with Crippen LogP contribution in [-0.4, -0.2) is 51.9 Å². The summed E-state index contributed by atoms with van der Waals surface area (Å²) in [4.78, 5) is 34.4. The number of carbonyl (C=O) groups is 2. The summed E-state index contributed by atoms with van der Waals surface area (Å²) in [5.41, 5.74) is 0.677. The van der Waals surface area contributed by atoms with Gasteiger partial charge in [0.15, 0.2) is 0 Å². The average molecular weight is 400 g/mol. The summed E-state index contributed by atoms with van der Waals surface area (Å²) in [6.45, 7) is 5.97. The number of nitrogens with one attached hydrogen (secondary N) is 3. The molecule has 28 heavy (non-hydrogen) atoms. The number of imidazole rings is 1. The first-order valence-electron chi connectivity index (χ1n) is 9.65. The lowest BCUT2D eigenvalue weighted by atomic mass is 9.79. The van der Waals surface area contributed by atoms with E-state index in [1.807, 2.05) is 24.3 Å². The molecule has 1 aromatic carbocycles. The molecule has 1 aromatic heterocycles. The van der Waals surface area contributed by atoms with E-state index in [9.17, 15) is 9.59 Å². The Kier molecular flexibility index (Phi) is 5.41. The number of benzene rings is 1. The number of hydrogen-bond acceptors (Lipinski definition) is 5. The van der Waals surface area contributed by atoms with Gasteiger partial charge in [-0.1, -0.05) is 11.8 Å². The van der Waals surface area contributed by atoms with E-state index in [1.165, 1.54) is 31.5 Å². The Hall–Kier alpha value is -2.32. The monoisotopic (exact) mass is 399 g/mol. The second-order valence-electron chi connectivity index (χ2n) is 7.52. The molecule has 2 bridgehead atoms. The number of nitrogens with zero attached hydrogens (tertiary/aromatic N) is 2. The molecule has 7 nitrogen and oxygen atoms in total. The van der Waals surface area contributed by atoms with Crippen molar-refractivity contribution in [3.63, 3.8) is 0 Å². The summed E-state index contributed by atoms with van der Waals surface area (Å²) in [5, 5.41) is 6.70. The molecule has 8 heteroatoms. The van der Waals surface area contributed by atoms with E-state index in [1.54, 1.807) is 6.20 Å². The van der Waals surface area contributed by atoms with E-state index >= 15 is 0 Å². The quantitative estimate of drug-likeness (QED) is 0.719. The van der Waals surface area contributed by atoms with Gasteiger partial charge in [0.25, 0.3) is 5.91 Å². The molecule has 3 saturated heterocycles. The Bertz CT molecular complexity index is 856. The SMILES string of the molecule is CC(=O)Nc1ncc(Sc2ccc(C(=O)N[C@@H]3C4CCN(CC4)[C@@H]3C)cc2)[nH]1. The van der Waals surface area contributed by atoms with Crippen LogP contribution in [0.1, 0.15) is 37.0 Å². The molecular weight excluding hydrogens is 374 g/mol. The average Bonchev–Trinajstić information content (AvgIpc) is 3.11. The van der Waals surface area contributed by atoms with Crippen LogP contribution in [0.15, 0.2) is 40.4 Å². The Morgan fingerprint density at radius 2 is 1.93 bits per heavy atom. The molecule has 0 unspecified atom stereocenters. The number of rotatable bonds is 5. The van der Waals surface area contributed by atoms with Crippen LogP contribution in [0.5, 0.6) is 0 Å². The number of hydrogen-bond donors (Lipinski definition) is 3. The van der Waals surface area contributed by atoms with Crippen molar-refractivity contribution in [3.05, 3.63) is 36.0 Å². The molecule has 4 heterocycles. The van der Waals surface area contributed by atoms with Crippen LogP contribution in [0.2, 0.25) is 0 Å². The van der Waals surface area contributed by atoms with Crippen LogP contribution in [-0.2, 0) is 4.79 Å². The van der Waals surface area contributed by atoms with E-state index in [0.717, 1.165) is 23.0 Å². The minimum atomic E-state index is -0.168. The molecule has 5 rings (SSSR count). The summed E-state index contributed by atoms with van der Waals surface area (Å²) >= 11 is 1.49. The minimum absolute atomic E-state index is 0.00312. The molecule has 2 aromatic rings. The van der Waals surface area contributed by atoms with E-state index < -0.39 is 0 Å². The van der Waals surface area contributed by atoms with Gasteiger partial charge in [0.05, 0.1) is 11.2 Å². The summed E-state index contributed by atoms with van der Waals surface area (Å²) in [6, 6.07) is 8.21. The van der Waals surface area contributed by atoms with Crippen LogP contribution in [0, 0.1) is 5.92 Å². The molecule has 0 aliphatic carbocycles. The van der Waals surface area contributed by atoms with Gasteiger partial charge in [-0.3, -0.25) is 19.8 Å². The predicted molar refractivity (Wildman–Crippen MR) is 108 cm³/mol. The molecule has 0 spiro atoms. The number of carbonyl (C=O) groups excluding carboxylic acids is 2. The topological polar surface area (TPSA) is 90.1 Å². The number of amides is 2. The second-order valence-corrected chi connectivity index (χ2v) is 8.63. The molecule has 3 fully saturated rings. The zero-order valence-corrected chi connectivity index (χ0v) is 16.9. The van der Waals surface area contributed by atoms with Crippen molar-refractivity contribution in [2.24, 2.45) is 5.92 Å². The summed E-state index contributed by atoms with van der Waals surface area (Å²) in [5.74, 6) is 0.852. The third kappa shape index (κ3) is 4.07. The number of piperidine rings is 3. The van der Waals surface area contributed by atoms with Gasteiger partial charge in [-0.25, -0.2) is 4.98 Å². The van der Waals surface area contributed by atoms with Crippen LogP contribution in [0.4, 0.5) is 5.95 Å². The minimum Gasteiger partial charge on any atom is -0.347 e. The third-order valence-electron chi connectivity index (χ3n) is 5.67. The van der Waals surface area contributed by atoms with Crippen molar-refractivity contribution in [3.8, 4) is 0 Å². The molecule has 3 aliphatic heterocycles. The highest BCUT2D eigenvalue weighted by molar-refractivity contribution is 7.99. The van der Waals surface area contributed by atoms with Gasteiger partial charge in [0.1, 0.15) is 0 Å². The number of H-pyrrole nitrogens is 1. The van der Waals surface area contributed by atoms with Gasteiger partial charge in [0.2, 0.25) is 11.9 Å². The summed E-state index contributed by atoms with van der Waals surface area (Å²) < 4.78 is 0. The molecular formula is C20H25N5O2S. The highest BCUT2D eigenvalue weighted by atomic mass is 32.2. The van der Waals surface area contributed by atoms with Crippen LogP contribution >= 0.6 is 11.8 Å². The lowest BCUT2D eigenvalue weighted by Gasteiger charge is -2.49. The first kappa shape index (κ1) is 19.0. The van der Waals surface area contributed by atoms with E-state index in [0.29, 0.717) is 23.5 Å². The lowest BCUT2D eigenvalue weighted by molar-refractivity contribution is -0.114. The van der Waals surface area contributed by atoms with Gasteiger partial charge in [-0.15, -0.1) is 0 Å². The predicted octanol–water partition coefficient (Wildman–Crippen LogP) is 2.73. The summed E-state index contributed by atoms with van der Waals surface area (Å²) in [7, 11) is 0. The third-order valence-corrected chi connectivity index (χ3v) is 6.60. The van der Waals surface area contributed by atoms with Crippen molar-refractivity contribution in [2.45, 2.75) is 48.7 Å². The molecule has 148 valence electrons. The van der Waals surface area contributed by atoms with Gasteiger partial charge in [-0.2, -0.15) is 0 Å². The molecule has 0 radical (unpaired) electrons. The zero-order valence-electron chi connectivity index (χ0n) is 16.1. The smallest absolute Gasteiger partial charge is 0.251 e. The van der Waals surface area contributed by atoms with Crippen molar-refractivity contribution in [1.82, 2.24) is 20.2 Å². The lowest BCUT2D eigenvalue weighted by Crippen LogP contribution is -2.62. The fourth-order valence-corrected chi connectivity index (χ4v) is 4.95. The van der Waals surface area contributed by atoms with Crippen molar-refractivity contribution in [1.29, 1.82) is 0 Å². The van der Waals surface area contributed by atoms with Crippen LogP contribution in [0.25, 0.3) is 0 Å². The Balaban J connectivity index is 1.37. The van der Waals surface area contributed by atoms with Gasteiger partial charge in [0, 0.05) is 29.5 Å². The molecule has 3 aliphatic rings. The molecule has 0 saturated carbocycles. The Labute approximate surface area is 168 Å². The fourth-order valence-electron chi connectivity index (χ4n) is 4.17. The molecule has 2 amide bonds. The number of fused-ring (bicyclic) bond motifs is 3.